The fourth-order valence-electron chi connectivity index (χ4n) is 5.70. The third kappa shape index (κ3) is 3.15. The maximum absolute atomic E-state index is 10.0. The zero-order valence-electron chi connectivity index (χ0n) is 21.2. The Balaban J connectivity index is 1.91. The van der Waals surface area contributed by atoms with E-state index in [-0.39, 0.29) is 16.9 Å². The normalized spacial score (nSPS) is 17.2. The van der Waals surface area contributed by atoms with Gasteiger partial charge in [0.15, 0.2) is 11.2 Å². The van der Waals surface area contributed by atoms with Gasteiger partial charge in [0.2, 0.25) is 0 Å². The SMILES string of the molecule is Cc1c(C#N)c2nnc(C(C)C)n2c(=C(C#N)C#N)/c1=C\C=C1\N2CCCc3cccc(c32)C1(C)C. The van der Waals surface area contributed by atoms with E-state index in [0.29, 0.717) is 33.2 Å². The second-order valence-corrected chi connectivity index (χ2v) is 10.3. The van der Waals surface area contributed by atoms with Crippen molar-refractivity contribution >= 4 is 23.0 Å². The zero-order valence-corrected chi connectivity index (χ0v) is 21.2. The van der Waals surface area contributed by atoms with Crippen LogP contribution >= 0.6 is 0 Å². The standard InChI is InChI=1S/C29H27N7/c1-17(2)27-33-34-28-22(16-32)18(3)21(25(36(27)28)20(14-30)15-31)11-12-24-29(4,5)23-10-6-8-19-9-7-13-35(24)26(19)23/h6,8,10-12,17H,7,9,13H2,1-5H3/b21-11-,24-12+. The Kier molecular flexibility index (Phi) is 5.42. The molecule has 2 aliphatic heterocycles. The van der Waals surface area contributed by atoms with Crippen LogP contribution in [0.5, 0.6) is 0 Å². The van der Waals surface area contributed by atoms with Gasteiger partial charge in [-0.1, -0.05) is 52.0 Å². The van der Waals surface area contributed by atoms with E-state index in [4.69, 9.17) is 0 Å². The second kappa shape index (κ2) is 8.36. The summed E-state index contributed by atoms with van der Waals surface area (Å²) in [5, 5.41) is 39.5. The molecule has 2 aliphatic rings. The average Bonchev–Trinajstić information content (AvgIpc) is 3.38. The smallest absolute Gasteiger partial charge is 0.179 e. The van der Waals surface area contributed by atoms with Gasteiger partial charge in [0.05, 0.1) is 5.35 Å². The fraction of sp³-hybridized carbons (Fsp3) is 0.345. The summed E-state index contributed by atoms with van der Waals surface area (Å²) in [7, 11) is 0. The molecule has 7 heteroatoms. The number of anilines is 1. The highest BCUT2D eigenvalue weighted by Crippen LogP contribution is 2.50. The highest BCUT2D eigenvalue weighted by Gasteiger charge is 2.41. The minimum absolute atomic E-state index is 0.0205. The van der Waals surface area contributed by atoms with Gasteiger partial charge in [-0.25, -0.2) is 0 Å². The van der Waals surface area contributed by atoms with Crippen molar-refractivity contribution in [3.63, 3.8) is 0 Å². The number of fused-ring (bicyclic) bond motifs is 1. The number of benzene rings is 1. The van der Waals surface area contributed by atoms with Crippen molar-refractivity contribution < 1.29 is 0 Å². The van der Waals surface area contributed by atoms with Crippen molar-refractivity contribution in [2.75, 3.05) is 11.4 Å². The quantitative estimate of drug-likeness (QED) is 0.563. The van der Waals surface area contributed by atoms with Crippen LogP contribution in [0.3, 0.4) is 0 Å². The lowest BCUT2D eigenvalue weighted by Gasteiger charge is -2.30. The van der Waals surface area contributed by atoms with Crippen LogP contribution in [-0.4, -0.2) is 21.1 Å². The number of para-hydroxylation sites is 1. The number of aromatic nitrogens is 3. The van der Waals surface area contributed by atoms with Crippen molar-refractivity contribution in [1.29, 1.82) is 15.8 Å². The van der Waals surface area contributed by atoms with E-state index in [9.17, 15) is 15.8 Å². The summed E-state index contributed by atoms with van der Waals surface area (Å²) in [4.78, 5) is 2.40. The molecule has 0 bridgehead atoms. The van der Waals surface area contributed by atoms with Crippen LogP contribution in [0.2, 0.25) is 0 Å². The Labute approximate surface area is 210 Å². The van der Waals surface area contributed by atoms with Gasteiger partial charge in [-0.05, 0) is 42.5 Å². The largest absolute Gasteiger partial charge is 0.344 e. The molecule has 3 aromatic rings. The Hall–Kier alpha value is -4.41. The summed E-state index contributed by atoms with van der Waals surface area (Å²) in [6.45, 7) is 11.2. The molecule has 7 nitrogen and oxygen atoms in total. The zero-order chi connectivity index (χ0) is 25.8. The molecule has 0 amide bonds. The molecule has 0 spiro atoms. The Morgan fingerprint density at radius 3 is 2.53 bits per heavy atom. The number of hydrogen-bond donors (Lipinski definition) is 0. The first-order valence-corrected chi connectivity index (χ1v) is 12.2. The average molecular weight is 474 g/mol. The highest BCUT2D eigenvalue weighted by molar-refractivity contribution is 5.77. The number of pyridine rings is 1. The lowest BCUT2D eigenvalue weighted by Crippen LogP contribution is -2.38. The van der Waals surface area contributed by atoms with Crippen LogP contribution in [0.15, 0.2) is 30.0 Å². The molecular formula is C29H27N7. The molecule has 0 atom stereocenters. The van der Waals surface area contributed by atoms with Gasteiger partial charge in [0.25, 0.3) is 0 Å². The molecule has 0 N–H and O–H groups in total. The summed E-state index contributed by atoms with van der Waals surface area (Å²) in [6.07, 6.45) is 6.21. The van der Waals surface area contributed by atoms with E-state index in [0.717, 1.165) is 25.1 Å². The lowest BCUT2D eigenvalue weighted by atomic mass is 9.83. The van der Waals surface area contributed by atoms with E-state index in [1.165, 1.54) is 16.8 Å². The van der Waals surface area contributed by atoms with Crippen LogP contribution < -0.4 is 15.5 Å². The molecule has 0 saturated carbocycles. The summed E-state index contributed by atoms with van der Waals surface area (Å²) >= 11 is 0. The molecule has 4 heterocycles. The third-order valence-corrected chi connectivity index (χ3v) is 7.49. The number of nitriles is 3. The number of nitrogens with zero attached hydrogens (tertiary/aromatic N) is 7. The first-order valence-electron chi connectivity index (χ1n) is 12.2. The van der Waals surface area contributed by atoms with Crippen molar-refractivity contribution in [3.05, 3.63) is 68.6 Å². The number of rotatable bonds is 2. The monoisotopic (exact) mass is 473 g/mol. The molecule has 5 rings (SSSR count). The molecule has 0 saturated heterocycles. The van der Waals surface area contributed by atoms with Gasteiger partial charge in [-0.3, -0.25) is 4.40 Å². The van der Waals surface area contributed by atoms with E-state index < -0.39 is 0 Å². The molecule has 2 aromatic heterocycles. The van der Waals surface area contributed by atoms with Gasteiger partial charge in [-0.15, -0.1) is 10.2 Å². The van der Waals surface area contributed by atoms with Crippen molar-refractivity contribution in [3.8, 4) is 18.2 Å². The van der Waals surface area contributed by atoms with Crippen molar-refractivity contribution in [2.45, 2.75) is 58.8 Å². The topological polar surface area (TPSA) is 105 Å². The number of allylic oxidation sites excluding steroid dienone is 2. The molecule has 1 aromatic carbocycles. The lowest BCUT2D eigenvalue weighted by molar-refractivity contribution is 0.626. The molecule has 0 radical (unpaired) electrons. The van der Waals surface area contributed by atoms with E-state index in [2.05, 4.69) is 71.4 Å². The van der Waals surface area contributed by atoms with Crippen molar-refractivity contribution in [1.82, 2.24) is 14.6 Å². The minimum Gasteiger partial charge on any atom is -0.344 e. The van der Waals surface area contributed by atoms with Crippen LogP contribution in [0.25, 0.3) is 17.3 Å². The maximum atomic E-state index is 10.0. The van der Waals surface area contributed by atoms with Crippen LogP contribution in [-0.2, 0) is 11.8 Å². The first kappa shape index (κ1) is 23.3. The first-order chi connectivity index (χ1) is 17.3. The molecule has 36 heavy (non-hydrogen) atoms. The van der Waals surface area contributed by atoms with E-state index in [1.54, 1.807) is 4.40 Å². The molecule has 0 unspecified atom stereocenters. The number of hydrogen-bond acceptors (Lipinski definition) is 6. The summed E-state index contributed by atoms with van der Waals surface area (Å²) in [6, 6.07) is 13.0. The molecule has 0 fully saturated rings. The van der Waals surface area contributed by atoms with Crippen molar-refractivity contribution in [2.24, 2.45) is 0 Å². The van der Waals surface area contributed by atoms with Gasteiger partial charge in [0, 0.05) is 34.5 Å². The van der Waals surface area contributed by atoms with Crippen LogP contribution in [0, 0.1) is 40.9 Å². The Bertz CT molecular complexity index is 1700. The molecular weight excluding hydrogens is 446 g/mol. The van der Waals surface area contributed by atoms with Gasteiger partial charge in [-0.2, -0.15) is 15.8 Å². The summed E-state index contributed by atoms with van der Waals surface area (Å²) < 4.78 is 1.72. The van der Waals surface area contributed by atoms with E-state index in [1.807, 2.05) is 26.8 Å². The summed E-state index contributed by atoms with van der Waals surface area (Å²) in [5.74, 6) is 0.587. The highest BCUT2D eigenvalue weighted by atomic mass is 15.3. The van der Waals surface area contributed by atoms with Crippen LogP contribution in [0.1, 0.15) is 68.1 Å². The predicted octanol–water partition coefficient (Wildman–Crippen LogP) is 3.64. The Morgan fingerprint density at radius 1 is 1.11 bits per heavy atom. The Morgan fingerprint density at radius 2 is 1.86 bits per heavy atom. The molecule has 0 aliphatic carbocycles. The third-order valence-electron chi connectivity index (χ3n) is 7.49. The maximum Gasteiger partial charge on any atom is 0.179 e. The molecule has 178 valence electrons. The summed E-state index contributed by atoms with van der Waals surface area (Å²) in [5.41, 5.74) is 6.35. The van der Waals surface area contributed by atoms with E-state index >= 15 is 0 Å². The number of aryl methyl sites for hydroxylation is 1. The predicted molar refractivity (Wildman–Crippen MR) is 138 cm³/mol. The fourth-order valence-corrected chi connectivity index (χ4v) is 5.70. The van der Waals surface area contributed by atoms with Gasteiger partial charge >= 0.3 is 0 Å². The minimum atomic E-state index is -0.209. The second-order valence-electron chi connectivity index (χ2n) is 10.3. The van der Waals surface area contributed by atoms with Gasteiger partial charge < -0.3 is 4.90 Å². The van der Waals surface area contributed by atoms with Crippen LogP contribution in [0.4, 0.5) is 5.69 Å². The van der Waals surface area contributed by atoms with Gasteiger partial charge in [0.1, 0.15) is 29.6 Å².